The van der Waals surface area contributed by atoms with E-state index in [-0.39, 0.29) is 18.2 Å². The van der Waals surface area contributed by atoms with E-state index in [9.17, 15) is 9.59 Å². The predicted octanol–water partition coefficient (Wildman–Crippen LogP) is 4.98. The first-order valence-corrected chi connectivity index (χ1v) is 10.6. The van der Waals surface area contributed by atoms with E-state index in [2.05, 4.69) is 28.2 Å². The van der Waals surface area contributed by atoms with E-state index >= 15 is 0 Å². The maximum Gasteiger partial charge on any atom is 0.242 e. The van der Waals surface area contributed by atoms with Gasteiger partial charge in [0.1, 0.15) is 6.04 Å². The molecule has 0 aromatic heterocycles. The van der Waals surface area contributed by atoms with Crippen molar-refractivity contribution in [3.05, 3.63) is 69.2 Å². The molecule has 0 spiro atoms. The van der Waals surface area contributed by atoms with Gasteiger partial charge in [0.15, 0.2) is 0 Å². The second-order valence-electron chi connectivity index (χ2n) is 6.77. The number of hydrogen-bond donors (Lipinski definition) is 1. The van der Waals surface area contributed by atoms with Crippen LogP contribution in [0.1, 0.15) is 37.8 Å². The Kier molecular flexibility index (Phi) is 9.00. The van der Waals surface area contributed by atoms with Crippen molar-refractivity contribution in [2.24, 2.45) is 0 Å². The van der Waals surface area contributed by atoms with Gasteiger partial charge in [-0.05, 0) is 48.7 Å². The van der Waals surface area contributed by atoms with E-state index in [4.69, 9.17) is 11.6 Å². The lowest BCUT2D eigenvalue weighted by Crippen LogP contribution is -2.48. The number of carbonyl (C=O) groups excluding carboxylic acids is 2. The van der Waals surface area contributed by atoms with Crippen LogP contribution in [0.5, 0.6) is 0 Å². The van der Waals surface area contributed by atoms with E-state index in [1.165, 1.54) is 0 Å². The first-order valence-electron chi connectivity index (χ1n) is 9.46. The van der Waals surface area contributed by atoms with Gasteiger partial charge in [0, 0.05) is 22.6 Å². The van der Waals surface area contributed by atoms with E-state index in [1.807, 2.05) is 36.4 Å². The maximum atomic E-state index is 13.0. The van der Waals surface area contributed by atoms with Gasteiger partial charge < -0.3 is 10.2 Å². The number of benzene rings is 2. The van der Waals surface area contributed by atoms with Crippen LogP contribution in [0.2, 0.25) is 5.02 Å². The molecular formula is C22H26BrClN2O2. The zero-order valence-corrected chi connectivity index (χ0v) is 18.6. The van der Waals surface area contributed by atoms with Crippen LogP contribution in [0.4, 0.5) is 0 Å². The average molecular weight is 466 g/mol. The largest absolute Gasteiger partial charge is 0.354 e. The monoisotopic (exact) mass is 464 g/mol. The van der Waals surface area contributed by atoms with Gasteiger partial charge in [0.05, 0.1) is 6.42 Å². The Bertz CT molecular complexity index is 778. The topological polar surface area (TPSA) is 49.4 Å². The van der Waals surface area contributed by atoms with Crippen molar-refractivity contribution in [2.45, 2.75) is 45.7 Å². The van der Waals surface area contributed by atoms with E-state index < -0.39 is 6.04 Å². The van der Waals surface area contributed by atoms with Crippen LogP contribution < -0.4 is 5.32 Å². The third kappa shape index (κ3) is 6.95. The van der Waals surface area contributed by atoms with Crippen molar-refractivity contribution >= 4 is 39.3 Å². The normalized spacial score (nSPS) is 11.7. The van der Waals surface area contributed by atoms with Crippen molar-refractivity contribution in [3.8, 4) is 0 Å². The third-order valence-electron chi connectivity index (χ3n) is 4.53. The molecule has 150 valence electrons. The fourth-order valence-corrected chi connectivity index (χ4v) is 3.17. The summed E-state index contributed by atoms with van der Waals surface area (Å²) in [5.74, 6) is -0.224. The van der Waals surface area contributed by atoms with Gasteiger partial charge >= 0.3 is 0 Å². The lowest BCUT2D eigenvalue weighted by Gasteiger charge is -2.29. The Labute approximate surface area is 180 Å². The Balaban J connectivity index is 2.15. The molecule has 0 heterocycles. The standard InChI is InChI=1S/C22H26BrClN2O2/c1-3-4-13-25-22(28)16(2)26(15-18-5-9-19(23)10-6-18)21(27)14-17-7-11-20(24)12-8-17/h5-12,16H,3-4,13-15H2,1-2H3,(H,25,28)/t16-/m0/s1. The number of carbonyl (C=O) groups is 2. The fraction of sp³-hybridized carbons (Fsp3) is 0.364. The SMILES string of the molecule is CCCCNC(=O)[C@H](C)N(Cc1ccc(Br)cc1)C(=O)Cc1ccc(Cl)cc1. The van der Waals surface area contributed by atoms with Crippen LogP contribution in [0.3, 0.4) is 0 Å². The number of rotatable bonds is 9. The smallest absolute Gasteiger partial charge is 0.242 e. The van der Waals surface area contributed by atoms with E-state index in [0.29, 0.717) is 18.1 Å². The quantitative estimate of drug-likeness (QED) is 0.531. The first-order chi connectivity index (χ1) is 13.4. The number of unbranched alkanes of at least 4 members (excludes halogenated alkanes) is 1. The molecule has 28 heavy (non-hydrogen) atoms. The van der Waals surface area contributed by atoms with Gasteiger partial charge in [-0.25, -0.2) is 0 Å². The fourth-order valence-electron chi connectivity index (χ4n) is 2.78. The third-order valence-corrected chi connectivity index (χ3v) is 5.31. The molecule has 1 atom stereocenters. The van der Waals surface area contributed by atoms with Crippen molar-refractivity contribution < 1.29 is 9.59 Å². The number of amides is 2. The molecule has 0 aliphatic heterocycles. The molecule has 4 nitrogen and oxygen atoms in total. The highest BCUT2D eigenvalue weighted by Crippen LogP contribution is 2.16. The molecule has 0 fully saturated rings. The highest BCUT2D eigenvalue weighted by atomic mass is 79.9. The highest BCUT2D eigenvalue weighted by Gasteiger charge is 2.26. The Morgan fingerprint density at radius 3 is 2.29 bits per heavy atom. The number of nitrogens with zero attached hydrogens (tertiary/aromatic N) is 1. The minimum absolute atomic E-state index is 0.0941. The zero-order valence-electron chi connectivity index (χ0n) is 16.3. The first kappa shape index (κ1) is 22.4. The molecule has 2 amide bonds. The molecule has 0 bridgehead atoms. The summed E-state index contributed by atoms with van der Waals surface area (Å²) in [6.07, 6.45) is 2.15. The molecule has 0 unspecified atom stereocenters. The minimum atomic E-state index is -0.555. The second-order valence-corrected chi connectivity index (χ2v) is 8.12. The summed E-state index contributed by atoms with van der Waals surface area (Å²) in [4.78, 5) is 27.3. The van der Waals surface area contributed by atoms with Gasteiger partial charge in [-0.2, -0.15) is 0 Å². The van der Waals surface area contributed by atoms with Crippen LogP contribution in [-0.4, -0.2) is 29.3 Å². The Morgan fingerprint density at radius 2 is 1.68 bits per heavy atom. The van der Waals surface area contributed by atoms with Crippen molar-refractivity contribution in [3.63, 3.8) is 0 Å². The molecule has 0 aliphatic rings. The van der Waals surface area contributed by atoms with Gasteiger partial charge in [0.25, 0.3) is 0 Å². The van der Waals surface area contributed by atoms with Gasteiger partial charge in [-0.15, -0.1) is 0 Å². The van der Waals surface area contributed by atoms with Crippen LogP contribution >= 0.6 is 27.5 Å². The van der Waals surface area contributed by atoms with E-state index in [1.54, 1.807) is 24.0 Å². The van der Waals surface area contributed by atoms with Crippen LogP contribution in [0, 0.1) is 0 Å². The molecule has 0 saturated heterocycles. The summed E-state index contributed by atoms with van der Waals surface area (Å²) < 4.78 is 0.973. The second kappa shape index (κ2) is 11.2. The molecule has 0 aliphatic carbocycles. The van der Waals surface area contributed by atoms with Crippen molar-refractivity contribution in [1.82, 2.24) is 10.2 Å². The molecule has 1 N–H and O–H groups in total. The average Bonchev–Trinajstić information content (AvgIpc) is 2.68. The van der Waals surface area contributed by atoms with Crippen LogP contribution in [0.15, 0.2) is 53.0 Å². The van der Waals surface area contributed by atoms with Gasteiger partial charge in [0.2, 0.25) is 11.8 Å². The lowest BCUT2D eigenvalue weighted by molar-refractivity contribution is -0.140. The lowest BCUT2D eigenvalue weighted by atomic mass is 10.1. The van der Waals surface area contributed by atoms with Crippen LogP contribution in [-0.2, 0) is 22.6 Å². The Morgan fingerprint density at radius 1 is 1.07 bits per heavy atom. The Hall–Kier alpha value is -1.85. The molecule has 2 aromatic rings. The minimum Gasteiger partial charge on any atom is -0.354 e. The number of hydrogen-bond acceptors (Lipinski definition) is 2. The molecule has 2 rings (SSSR count). The van der Waals surface area contributed by atoms with Crippen molar-refractivity contribution in [2.75, 3.05) is 6.54 Å². The molecule has 0 radical (unpaired) electrons. The zero-order chi connectivity index (χ0) is 20.5. The maximum absolute atomic E-state index is 13.0. The summed E-state index contributed by atoms with van der Waals surface area (Å²) >= 11 is 9.35. The summed E-state index contributed by atoms with van der Waals surface area (Å²) in [5, 5.41) is 3.56. The highest BCUT2D eigenvalue weighted by molar-refractivity contribution is 9.10. The predicted molar refractivity (Wildman–Crippen MR) is 117 cm³/mol. The molecule has 6 heteroatoms. The van der Waals surface area contributed by atoms with Gasteiger partial charge in [-0.1, -0.05) is 65.1 Å². The van der Waals surface area contributed by atoms with Gasteiger partial charge in [-0.3, -0.25) is 9.59 Å². The molecule has 2 aromatic carbocycles. The molecule has 0 saturated carbocycles. The summed E-state index contributed by atoms with van der Waals surface area (Å²) in [6.45, 7) is 4.85. The summed E-state index contributed by atoms with van der Waals surface area (Å²) in [5.41, 5.74) is 1.84. The molecular weight excluding hydrogens is 440 g/mol. The number of nitrogens with one attached hydrogen (secondary N) is 1. The van der Waals surface area contributed by atoms with Crippen molar-refractivity contribution in [1.29, 1.82) is 0 Å². The summed E-state index contributed by atoms with van der Waals surface area (Å²) in [7, 11) is 0. The number of halogens is 2. The summed E-state index contributed by atoms with van der Waals surface area (Å²) in [6, 6.07) is 14.4. The van der Waals surface area contributed by atoms with Crippen LogP contribution in [0.25, 0.3) is 0 Å². The van der Waals surface area contributed by atoms with E-state index in [0.717, 1.165) is 28.4 Å².